The number of aromatic nitrogens is 2. The number of pyridine rings is 2. The van der Waals surface area contributed by atoms with E-state index in [1.54, 1.807) is 12.4 Å². The molecule has 2 atom stereocenters. The molecule has 1 saturated heterocycles. The van der Waals surface area contributed by atoms with Crippen molar-refractivity contribution in [1.82, 2.24) is 20.6 Å². The van der Waals surface area contributed by atoms with Crippen LogP contribution in [0, 0.1) is 0 Å². The Morgan fingerprint density at radius 1 is 1.23 bits per heavy atom. The van der Waals surface area contributed by atoms with Gasteiger partial charge in [0.05, 0.1) is 16.8 Å². The first-order valence-corrected chi connectivity index (χ1v) is 9.05. The zero-order chi connectivity index (χ0) is 17.9. The molecule has 5 nitrogen and oxygen atoms in total. The van der Waals surface area contributed by atoms with Crippen LogP contribution >= 0.6 is 0 Å². The highest BCUT2D eigenvalue weighted by molar-refractivity contribution is 6.07. The van der Waals surface area contributed by atoms with Gasteiger partial charge in [0, 0.05) is 35.4 Å². The molecule has 0 aliphatic carbocycles. The van der Waals surface area contributed by atoms with Gasteiger partial charge in [0.1, 0.15) is 0 Å². The van der Waals surface area contributed by atoms with Crippen LogP contribution < -0.4 is 10.6 Å². The summed E-state index contributed by atoms with van der Waals surface area (Å²) in [6.45, 7) is 3.09. The fraction of sp³-hybridized carbons (Fsp3) is 0.286. The van der Waals surface area contributed by atoms with Crippen LogP contribution in [0.1, 0.15) is 30.1 Å². The minimum absolute atomic E-state index is 0.0344. The molecular weight excluding hydrogens is 324 g/mol. The first-order valence-electron chi connectivity index (χ1n) is 9.05. The number of amides is 1. The molecule has 0 saturated carbocycles. The average Bonchev–Trinajstić information content (AvgIpc) is 2.68. The van der Waals surface area contributed by atoms with E-state index in [1.165, 1.54) is 0 Å². The lowest BCUT2D eigenvalue weighted by atomic mass is 9.99. The molecule has 2 unspecified atom stereocenters. The van der Waals surface area contributed by atoms with Crippen LogP contribution in [0.2, 0.25) is 0 Å². The Morgan fingerprint density at radius 2 is 2.12 bits per heavy atom. The quantitative estimate of drug-likeness (QED) is 0.764. The molecule has 1 amide bonds. The van der Waals surface area contributed by atoms with Gasteiger partial charge in [-0.3, -0.25) is 9.78 Å². The molecule has 2 aromatic heterocycles. The second-order valence-corrected chi connectivity index (χ2v) is 6.86. The van der Waals surface area contributed by atoms with Gasteiger partial charge in [-0.1, -0.05) is 18.2 Å². The number of benzene rings is 1. The first-order chi connectivity index (χ1) is 12.7. The van der Waals surface area contributed by atoms with E-state index >= 15 is 0 Å². The molecule has 0 spiro atoms. The molecule has 1 aliphatic heterocycles. The molecule has 1 aliphatic rings. The van der Waals surface area contributed by atoms with Gasteiger partial charge in [0.15, 0.2) is 0 Å². The Bertz CT molecular complexity index is 926. The number of para-hydroxylation sites is 1. The number of carbonyl (C=O) groups excluding carboxylic acids is 1. The van der Waals surface area contributed by atoms with Gasteiger partial charge in [-0.15, -0.1) is 0 Å². The molecule has 5 heteroatoms. The molecule has 2 N–H and O–H groups in total. The van der Waals surface area contributed by atoms with Crippen molar-refractivity contribution in [2.45, 2.75) is 31.8 Å². The van der Waals surface area contributed by atoms with Crippen LogP contribution in [-0.2, 0) is 0 Å². The molecule has 26 heavy (non-hydrogen) atoms. The van der Waals surface area contributed by atoms with E-state index in [9.17, 15) is 4.79 Å². The number of nitrogens with zero attached hydrogens (tertiary/aromatic N) is 2. The maximum atomic E-state index is 13.0. The van der Waals surface area contributed by atoms with Crippen molar-refractivity contribution in [3.05, 3.63) is 60.4 Å². The van der Waals surface area contributed by atoms with E-state index in [4.69, 9.17) is 4.98 Å². The van der Waals surface area contributed by atoms with Crippen molar-refractivity contribution in [1.29, 1.82) is 0 Å². The third kappa shape index (κ3) is 3.44. The summed E-state index contributed by atoms with van der Waals surface area (Å²) in [5.74, 6) is -0.0344. The van der Waals surface area contributed by atoms with Gasteiger partial charge in [0.2, 0.25) is 0 Å². The number of rotatable bonds is 3. The summed E-state index contributed by atoms with van der Waals surface area (Å²) in [6, 6.07) is 14.1. The van der Waals surface area contributed by atoms with Crippen LogP contribution in [0.3, 0.4) is 0 Å². The van der Waals surface area contributed by atoms with Crippen LogP contribution in [0.15, 0.2) is 54.9 Å². The number of carbonyl (C=O) groups is 1. The smallest absolute Gasteiger partial charge is 0.252 e. The molecule has 4 rings (SSSR count). The van der Waals surface area contributed by atoms with Gasteiger partial charge >= 0.3 is 0 Å². The third-order valence-corrected chi connectivity index (χ3v) is 4.88. The summed E-state index contributed by atoms with van der Waals surface area (Å²) in [7, 11) is 0. The lowest BCUT2D eigenvalue weighted by Gasteiger charge is -2.28. The van der Waals surface area contributed by atoms with E-state index < -0.39 is 0 Å². The largest absolute Gasteiger partial charge is 0.349 e. The van der Waals surface area contributed by atoms with Crippen molar-refractivity contribution >= 4 is 16.8 Å². The zero-order valence-corrected chi connectivity index (χ0v) is 14.8. The lowest BCUT2D eigenvalue weighted by molar-refractivity contribution is 0.0927. The molecule has 132 valence electrons. The number of fused-ring (bicyclic) bond motifs is 1. The highest BCUT2D eigenvalue weighted by Crippen LogP contribution is 2.24. The van der Waals surface area contributed by atoms with Crippen LogP contribution in [-0.4, -0.2) is 34.5 Å². The summed E-state index contributed by atoms with van der Waals surface area (Å²) in [6.07, 6.45) is 5.41. The number of nitrogens with one attached hydrogen (secondary N) is 2. The molecular formula is C21H22N4O. The second kappa shape index (κ2) is 7.22. The van der Waals surface area contributed by atoms with Crippen molar-refractivity contribution in [3.63, 3.8) is 0 Å². The van der Waals surface area contributed by atoms with Gasteiger partial charge in [-0.25, -0.2) is 4.98 Å². The number of hydrogen-bond donors (Lipinski definition) is 2. The normalized spacial score (nSPS) is 20.0. The first kappa shape index (κ1) is 16.7. The minimum Gasteiger partial charge on any atom is -0.349 e. The van der Waals surface area contributed by atoms with Gasteiger partial charge in [-0.2, -0.15) is 0 Å². The summed E-state index contributed by atoms with van der Waals surface area (Å²) >= 11 is 0. The summed E-state index contributed by atoms with van der Waals surface area (Å²) < 4.78 is 0. The molecule has 3 aromatic rings. The number of hydrogen-bond acceptors (Lipinski definition) is 4. The predicted molar refractivity (Wildman–Crippen MR) is 103 cm³/mol. The van der Waals surface area contributed by atoms with Crippen molar-refractivity contribution < 1.29 is 4.79 Å². The predicted octanol–water partition coefficient (Wildman–Crippen LogP) is 3.17. The fourth-order valence-corrected chi connectivity index (χ4v) is 3.55. The Hall–Kier alpha value is -2.79. The Labute approximate surface area is 152 Å². The zero-order valence-electron chi connectivity index (χ0n) is 14.8. The SMILES string of the molecule is CC1CC(NC(=O)c2cc(-c3cccnc3)nc3ccccc23)CCN1. The molecule has 1 aromatic carbocycles. The van der Waals surface area contributed by atoms with E-state index in [1.807, 2.05) is 42.5 Å². The fourth-order valence-electron chi connectivity index (χ4n) is 3.55. The van der Waals surface area contributed by atoms with Crippen molar-refractivity contribution in [2.75, 3.05) is 6.54 Å². The maximum absolute atomic E-state index is 13.0. The number of piperidine rings is 1. The van der Waals surface area contributed by atoms with Crippen LogP contribution in [0.25, 0.3) is 22.2 Å². The van der Waals surface area contributed by atoms with Crippen LogP contribution in [0.4, 0.5) is 0 Å². The third-order valence-electron chi connectivity index (χ3n) is 4.88. The summed E-state index contributed by atoms with van der Waals surface area (Å²) in [5, 5.41) is 7.51. The van der Waals surface area contributed by atoms with E-state index in [-0.39, 0.29) is 11.9 Å². The van der Waals surface area contributed by atoms with Crippen molar-refractivity contribution in [2.24, 2.45) is 0 Å². The lowest BCUT2D eigenvalue weighted by Crippen LogP contribution is -2.46. The summed E-state index contributed by atoms with van der Waals surface area (Å²) in [5.41, 5.74) is 3.15. The minimum atomic E-state index is -0.0344. The van der Waals surface area contributed by atoms with E-state index in [0.29, 0.717) is 11.6 Å². The molecule has 0 radical (unpaired) electrons. The maximum Gasteiger partial charge on any atom is 0.252 e. The molecule has 3 heterocycles. The highest BCUT2D eigenvalue weighted by atomic mass is 16.1. The van der Waals surface area contributed by atoms with Gasteiger partial charge < -0.3 is 10.6 Å². The Morgan fingerprint density at radius 3 is 2.92 bits per heavy atom. The Balaban J connectivity index is 1.72. The average molecular weight is 346 g/mol. The highest BCUT2D eigenvalue weighted by Gasteiger charge is 2.22. The second-order valence-electron chi connectivity index (χ2n) is 6.86. The van der Waals surface area contributed by atoms with E-state index in [0.717, 1.165) is 41.5 Å². The molecule has 1 fully saturated rings. The summed E-state index contributed by atoms with van der Waals surface area (Å²) in [4.78, 5) is 21.9. The monoisotopic (exact) mass is 346 g/mol. The Kier molecular flexibility index (Phi) is 4.63. The van der Waals surface area contributed by atoms with Gasteiger partial charge in [-0.05, 0) is 50.6 Å². The van der Waals surface area contributed by atoms with Gasteiger partial charge in [0.25, 0.3) is 5.91 Å². The standard InChI is InChI=1S/C21H22N4O/c1-14-11-16(8-10-23-14)24-21(26)18-12-20(15-5-4-9-22-13-15)25-19-7-3-2-6-17(18)19/h2-7,9,12-14,16,23H,8,10-11H2,1H3,(H,24,26). The van der Waals surface area contributed by atoms with Crippen molar-refractivity contribution in [3.8, 4) is 11.3 Å². The molecule has 0 bridgehead atoms. The van der Waals surface area contributed by atoms with E-state index in [2.05, 4.69) is 22.5 Å². The van der Waals surface area contributed by atoms with Crippen LogP contribution in [0.5, 0.6) is 0 Å². The topological polar surface area (TPSA) is 66.9 Å².